The molecule has 3 aliphatic rings. The summed E-state index contributed by atoms with van der Waals surface area (Å²) in [7, 11) is -0.752. The minimum Gasteiger partial charge on any atom is -0.399 e. The molecule has 0 spiro atoms. The maximum Gasteiger partial charge on any atom is 0.494 e. The van der Waals surface area contributed by atoms with Crippen LogP contribution >= 0.6 is 11.8 Å². The van der Waals surface area contributed by atoms with Crippen LogP contribution in [-0.4, -0.2) is 43.2 Å². The monoisotopic (exact) mass is 619 g/mol. The number of hydrogen-bond acceptors (Lipinski definition) is 6. The van der Waals surface area contributed by atoms with Gasteiger partial charge in [-0.15, -0.1) is 0 Å². The summed E-state index contributed by atoms with van der Waals surface area (Å²) in [5.41, 5.74) is 3.20. The van der Waals surface area contributed by atoms with Crippen LogP contribution in [0.25, 0.3) is 0 Å². The summed E-state index contributed by atoms with van der Waals surface area (Å²) >= 11 is 1.83. The molecular formula is C36H55B2NO4S. The van der Waals surface area contributed by atoms with Crippen molar-refractivity contribution in [3.05, 3.63) is 36.4 Å². The van der Waals surface area contributed by atoms with Gasteiger partial charge in [0, 0.05) is 16.3 Å². The highest BCUT2D eigenvalue weighted by Crippen LogP contribution is 2.48. The van der Waals surface area contributed by atoms with Gasteiger partial charge in [-0.05, 0) is 97.0 Å². The summed E-state index contributed by atoms with van der Waals surface area (Å²) in [6.45, 7) is 20.2. The van der Waals surface area contributed by atoms with Gasteiger partial charge in [0.1, 0.15) is 0 Å². The number of nitrogens with zero attached hydrogens (tertiary/aromatic N) is 1. The zero-order valence-corrected chi connectivity index (χ0v) is 29.7. The third-order valence-corrected chi connectivity index (χ3v) is 11.6. The summed E-state index contributed by atoms with van der Waals surface area (Å²) < 4.78 is 25.7. The first kappa shape index (κ1) is 33.9. The minimum atomic E-state index is -0.376. The first-order valence-electron chi connectivity index (χ1n) is 17.2. The highest BCUT2D eigenvalue weighted by Gasteiger charge is 2.53. The molecule has 0 radical (unpaired) electrons. The van der Waals surface area contributed by atoms with Gasteiger partial charge in [-0.2, -0.15) is 0 Å². The van der Waals surface area contributed by atoms with Crippen molar-refractivity contribution < 1.29 is 18.6 Å². The Kier molecular flexibility index (Phi) is 10.3. The average Bonchev–Trinajstić information content (AvgIpc) is 3.32. The van der Waals surface area contributed by atoms with E-state index in [9.17, 15) is 0 Å². The number of anilines is 2. The Balaban J connectivity index is 1.33. The first-order valence-corrected chi connectivity index (χ1v) is 18.0. The van der Waals surface area contributed by atoms with Gasteiger partial charge in [-0.3, -0.25) is 0 Å². The molecule has 5 rings (SSSR count). The lowest BCUT2D eigenvalue weighted by Crippen LogP contribution is -2.41. The van der Waals surface area contributed by atoms with Crippen molar-refractivity contribution >= 4 is 48.3 Å². The Morgan fingerprint density at radius 1 is 0.545 bits per heavy atom. The summed E-state index contributed by atoms with van der Waals surface area (Å²) in [5.74, 6) is 0. The van der Waals surface area contributed by atoms with E-state index < -0.39 is 0 Å². The molecule has 5 nitrogen and oxygen atoms in total. The van der Waals surface area contributed by atoms with Crippen LogP contribution in [0.15, 0.2) is 46.2 Å². The van der Waals surface area contributed by atoms with E-state index >= 15 is 0 Å². The molecule has 0 aliphatic carbocycles. The van der Waals surface area contributed by atoms with Gasteiger partial charge in [0.25, 0.3) is 0 Å². The van der Waals surface area contributed by atoms with E-state index in [4.69, 9.17) is 18.6 Å². The lowest BCUT2D eigenvalue weighted by atomic mass is 9.78. The van der Waals surface area contributed by atoms with Crippen LogP contribution in [0.4, 0.5) is 11.4 Å². The molecule has 44 heavy (non-hydrogen) atoms. The predicted octanol–water partition coefficient (Wildman–Crippen LogP) is 8.81. The Hall–Kier alpha value is -1.44. The van der Waals surface area contributed by atoms with Gasteiger partial charge < -0.3 is 23.5 Å². The summed E-state index contributed by atoms with van der Waals surface area (Å²) in [6, 6.07) is 13.5. The highest BCUT2D eigenvalue weighted by atomic mass is 32.2. The van der Waals surface area contributed by atoms with Gasteiger partial charge >= 0.3 is 14.2 Å². The van der Waals surface area contributed by atoms with Crippen molar-refractivity contribution in [2.75, 3.05) is 11.4 Å². The lowest BCUT2D eigenvalue weighted by molar-refractivity contribution is 0.00578. The van der Waals surface area contributed by atoms with Gasteiger partial charge in [-0.1, -0.05) is 88.6 Å². The molecule has 2 aromatic rings. The van der Waals surface area contributed by atoms with Crippen LogP contribution in [0.5, 0.6) is 0 Å². The Morgan fingerprint density at radius 2 is 0.909 bits per heavy atom. The zero-order chi connectivity index (χ0) is 31.8. The fourth-order valence-corrected chi connectivity index (χ4v) is 7.36. The standard InChI is InChI=1S/C36H55B2NO4S/c1-10-11-12-13-14-15-16-17-18-19-24-39-29-22-20-27(37-40-33(2,3)34(4,5)41-37)25-31(29)44-32-26-28(21-23-30(32)39)38-42-35(6,7)36(8,9)43-38/h20-23,25-26H,10-19,24H2,1-9H3. The molecular weight excluding hydrogens is 564 g/mol. The highest BCUT2D eigenvalue weighted by molar-refractivity contribution is 7.99. The maximum atomic E-state index is 6.42. The van der Waals surface area contributed by atoms with Crippen molar-refractivity contribution in [2.45, 2.75) is 159 Å². The van der Waals surface area contributed by atoms with Crippen LogP contribution in [0.1, 0.15) is 127 Å². The average molecular weight is 620 g/mol. The molecule has 2 saturated heterocycles. The molecule has 0 atom stereocenters. The number of hydrogen-bond donors (Lipinski definition) is 0. The topological polar surface area (TPSA) is 40.2 Å². The molecule has 0 aromatic heterocycles. The number of fused-ring (bicyclic) bond motifs is 2. The molecule has 0 amide bonds. The van der Waals surface area contributed by atoms with Crippen LogP contribution in [-0.2, 0) is 18.6 Å². The molecule has 8 heteroatoms. The second-order valence-corrected chi connectivity index (χ2v) is 16.2. The lowest BCUT2D eigenvalue weighted by Gasteiger charge is -2.33. The third-order valence-electron chi connectivity index (χ3n) is 10.6. The first-order chi connectivity index (χ1) is 20.7. The molecule has 0 unspecified atom stereocenters. The van der Waals surface area contributed by atoms with E-state index in [1.54, 1.807) is 0 Å². The van der Waals surface area contributed by atoms with Crippen molar-refractivity contribution in [3.63, 3.8) is 0 Å². The summed E-state index contributed by atoms with van der Waals surface area (Å²) in [6.07, 6.45) is 13.4. The van der Waals surface area contributed by atoms with Gasteiger partial charge in [0.15, 0.2) is 0 Å². The molecule has 0 N–H and O–H groups in total. The molecule has 240 valence electrons. The molecule has 3 aliphatic heterocycles. The van der Waals surface area contributed by atoms with Crippen LogP contribution in [0, 0.1) is 0 Å². The van der Waals surface area contributed by atoms with Gasteiger partial charge in [-0.25, -0.2) is 0 Å². The van der Waals surface area contributed by atoms with Crippen molar-refractivity contribution in [1.82, 2.24) is 0 Å². The number of unbranched alkanes of at least 4 members (excludes halogenated alkanes) is 9. The van der Waals surface area contributed by atoms with E-state index in [0.29, 0.717) is 0 Å². The predicted molar refractivity (Wildman–Crippen MR) is 187 cm³/mol. The van der Waals surface area contributed by atoms with E-state index in [0.717, 1.165) is 17.5 Å². The second-order valence-electron chi connectivity index (χ2n) is 15.1. The SMILES string of the molecule is CCCCCCCCCCCCN1c2ccc(B3OC(C)(C)C(C)(C)O3)cc2Sc2cc(B3OC(C)(C)C(C)(C)O3)ccc21. The molecule has 2 fully saturated rings. The smallest absolute Gasteiger partial charge is 0.399 e. The molecule has 0 bridgehead atoms. The van der Waals surface area contributed by atoms with E-state index in [-0.39, 0.29) is 36.6 Å². The van der Waals surface area contributed by atoms with E-state index in [2.05, 4.69) is 104 Å². The molecule has 3 heterocycles. The minimum absolute atomic E-state index is 0.368. The van der Waals surface area contributed by atoms with E-state index in [1.165, 1.54) is 85.4 Å². The van der Waals surface area contributed by atoms with E-state index in [1.807, 2.05) is 11.8 Å². The van der Waals surface area contributed by atoms with Crippen LogP contribution in [0.2, 0.25) is 0 Å². The van der Waals surface area contributed by atoms with Crippen molar-refractivity contribution in [3.8, 4) is 0 Å². The number of benzene rings is 2. The zero-order valence-electron chi connectivity index (χ0n) is 28.9. The quantitative estimate of drug-likeness (QED) is 0.165. The Labute approximate surface area is 272 Å². The molecule has 0 saturated carbocycles. The number of rotatable bonds is 13. The van der Waals surface area contributed by atoms with Gasteiger partial charge in [0.05, 0.1) is 33.8 Å². The van der Waals surface area contributed by atoms with Crippen molar-refractivity contribution in [2.24, 2.45) is 0 Å². The Bertz CT molecular complexity index is 1180. The van der Waals surface area contributed by atoms with Crippen LogP contribution in [0.3, 0.4) is 0 Å². The summed E-state index contributed by atoms with van der Waals surface area (Å²) in [5, 5.41) is 0. The van der Waals surface area contributed by atoms with Gasteiger partial charge in [0.2, 0.25) is 0 Å². The Morgan fingerprint density at radius 3 is 1.30 bits per heavy atom. The molecule has 2 aromatic carbocycles. The van der Waals surface area contributed by atoms with Crippen molar-refractivity contribution in [1.29, 1.82) is 0 Å². The third kappa shape index (κ3) is 7.10. The largest absolute Gasteiger partial charge is 0.494 e. The van der Waals surface area contributed by atoms with Crippen LogP contribution < -0.4 is 15.8 Å². The normalized spacial score (nSPS) is 21.1. The summed E-state index contributed by atoms with van der Waals surface area (Å²) in [4.78, 5) is 5.00. The fourth-order valence-electron chi connectivity index (χ4n) is 6.17. The maximum absolute atomic E-state index is 6.42. The fraction of sp³-hybridized carbons (Fsp3) is 0.667. The second kappa shape index (κ2) is 13.4.